The van der Waals surface area contributed by atoms with Crippen molar-refractivity contribution in [1.82, 2.24) is 4.57 Å². The molecule has 0 radical (unpaired) electrons. The summed E-state index contributed by atoms with van der Waals surface area (Å²) in [4.78, 5) is 2.40. The van der Waals surface area contributed by atoms with E-state index in [0.29, 0.717) is 0 Å². The fourth-order valence-corrected chi connectivity index (χ4v) is 8.22. The molecule has 264 valence electrons. The molecule has 0 fully saturated rings. The van der Waals surface area contributed by atoms with Gasteiger partial charge in [0.25, 0.3) is 0 Å². The van der Waals surface area contributed by atoms with Crippen molar-refractivity contribution >= 4 is 38.9 Å². The van der Waals surface area contributed by atoms with Crippen molar-refractivity contribution < 1.29 is 0 Å². The maximum Gasteiger partial charge on any atom is 0.0541 e. The first-order valence-corrected chi connectivity index (χ1v) is 19.2. The molecular formula is C54H38N2. The highest BCUT2D eigenvalue weighted by atomic mass is 15.1. The summed E-state index contributed by atoms with van der Waals surface area (Å²) >= 11 is 0. The van der Waals surface area contributed by atoms with E-state index in [1.54, 1.807) is 0 Å². The summed E-state index contributed by atoms with van der Waals surface area (Å²) in [5, 5.41) is 2.51. The second-order valence-electron chi connectivity index (χ2n) is 14.1. The third-order valence-electron chi connectivity index (χ3n) is 10.8. The van der Waals surface area contributed by atoms with Crippen LogP contribution in [-0.2, 0) is 0 Å². The number of aromatic nitrogens is 1. The van der Waals surface area contributed by atoms with Crippen molar-refractivity contribution in [1.29, 1.82) is 0 Å². The average molecular weight is 715 g/mol. The Morgan fingerprint density at radius 2 is 0.643 bits per heavy atom. The highest BCUT2D eigenvalue weighted by Crippen LogP contribution is 2.45. The third kappa shape index (κ3) is 5.95. The van der Waals surface area contributed by atoms with Crippen LogP contribution < -0.4 is 4.90 Å². The molecule has 1 aromatic heterocycles. The van der Waals surface area contributed by atoms with Gasteiger partial charge < -0.3 is 9.47 Å². The zero-order valence-electron chi connectivity index (χ0n) is 30.8. The molecule has 2 heteroatoms. The molecule has 1 heterocycles. The van der Waals surface area contributed by atoms with Crippen molar-refractivity contribution in [3.8, 4) is 50.2 Å². The van der Waals surface area contributed by atoms with Gasteiger partial charge in [0.15, 0.2) is 0 Å². The number of hydrogen-bond donors (Lipinski definition) is 0. The Labute approximate surface area is 327 Å². The Morgan fingerprint density at radius 3 is 1.18 bits per heavy atom. The van der Waals surface area contributed by atoms with Gasteiger partial charge in [0, 0.05) is 33.3 Å². The van der Waals surface area contributed by atoms with Crippen LogP contribution in [0.25, 0.3) is 72.0 Å². The summed E-state index contributed by atoms with van der Waals surface area (Å²) in [5.41, 5.74) is 16.3. The number of fused-ring (bicyclic) bond motifs is 3. The van der Waals surface area contributed by atoms with Gasteiger partial charge in [-0.2, -0.15) is 0 Å². The minimum atomic E-state index is 1.09. The summed E-state index contributed by atoms with van der Waals surface area (Å²) in [6.07, 6.45) is 0. The van der Waals surface area contributed by atoms with Crippen molar-refractivity contribution in [2.75, 3.05) is 4.90 Å². The van der Waals surface area contributed by atoms with Gasteiger partial charge in [-0.15, -0.1) is 0 Å². The van der Waals surface area contributed by atoms with Crippen LogP contribution >= 0.6 is 0 Å². The Kier molecular flexibility index (Phi) is 8.55. The lowest BCUT2D eigenvalue weighted by Gasteiger charge is -2.29. The van der Waals surface area contributed by atoms with Crippen LogP contribution in [0.2, 0.25) is 0 Å². The molecule has 0 amide bonds. The van der Waals surface area contributed by atoms with E-state index in [4.69, 9.17) is 0 Å². The van der Waals surface area contributed by atoms with Gasteiger partial charge >= 0.3 is 0 Å². The maximum absolute atomic E-state index is 2.43. The van der Waals surface area contributed by atoms with Gasteiger partial charge in [-0.1, -0.05) is 182 Å². The molecule has 0 aliphatic carbocycles. The van der Waals surface area contributed by atoms with E-state index in [-0.39, 0.29) is 0 Å². The number of para-hydroxylation sites is 4. The van der Waals surface area contributed by atoms with Gasteiger partial charge in [0.05, 0.1) is 22.4 Å². The van der Waals surface area contributed by atoms with Gasteiger partial charge in [0.1, 0.15) is 0 Å². The lowest BCUT2D eigenvalue weighted by Crippen LogP contribution is -2.11. The van der Waals surface area contributed by atoms with Crippen molar-refractivity contribution in [2.24, 2.45) is 0 Å². The average Bonchev–Trinajstić information content (AvgIpc) is 3.62. The summed E-state index contributed by atoms with van der Waals surface area (Å²) in [6, 6.07) is 83.0. The Hall–Kier alpha value is -7.42. The molecule has 10 aromatic rings. The van der Waals surface area contributed by atoms with E-state index in [9.17, 15) is 0 Å². The maximum atomic E-state index is 2.43. The molecule has 0 aliphatic heterocycles. The molecule has 2 nitrogen and oxygen atoms in total. The van der Waals surface area contributed by atoms with E-state index in [1.807, 2.05) is 0 Å². The Bertz CT molecular complexity index is 2810. The standard InChI is InChI=1S/C54H38N2/c1-3-17-39(18-4-1)41-31-35-43(36-32-41)55(44-37-33-42(34-38-44)40-19-5-2-6-20-40)51-27-13-9-23-47(51)45-21-7-8-22-46(45)48-24-10-14-28-52(48)56-53-29-15-11-25-49(53)50-26-12-16-30-54(50)56/h1-38H. The van der Waals surface area contributed by atoms with Crippen LogP contribution in [0.4, 0.5) is 17.1 Å². The van der Waals surface area contributed by atoms with Crippen molar-refractivity contribution in [2.45, 2.75) is 0 Å². The second kappa shape index (κ2) is 14.4. The van der Waals surface area contributed by atoms with Gasteiger partial charge in [-0.25, -0.2) is 0 Å². The Balaban J connectivity index is 1.15. The van der Waals surface area contributed by atoms with Crippen LogP contribution in [-0.4, -0.2) is 4.57 Å². The zero-order chi connectivity index (χ0) is 37.3. The summed E-state index contributed by atoms with van der Waals surface area (Å²) < 4.78 is 2.43. The molecule has 0 N–H and O–H groups in total. The molecule has 0 atom stereocenters. The Morgan fingerprint density at radius 1 is 0.268 bits per heavy atom. The zero-order valence-corrected chi connectivity index (χ0v) is 30.8. The number of nitrogens with zero attached hydrogens (tertiary/aromatic N) is 2. The molecular weight excluding hydrogens is 677 g/mol. The number of rotatable bonds is 8. The van der Waals surface area contributed by atoms with E-state index >= 15 is 0 Å². The van der Waals surface area contributed by atoms with E-state index in [0.717, 1.165) is 28.3 Å². The molecule has 10 rings (SSSR count). The minimum absolute atomic E-state index is 1.09. The topological polar surface area (TPSA) is 8.17 Å². The highest BCUT2D eigenvalue weighted by Gasteiger charge is 2.21. The molecule has 56 heavy (non-hydrogen) atoms. The molecule has 0 spiro atoms. The first-order valence-electron chi connectivity index (χ1n) is 19.2. The van der Waals surface area contributed by atoms with Crippen LogP contribution in [0.5, 0.6) is 0 Å². The first-order chi connectivity index (χ1) is 27.8. The fraction of sp³-hybridized carbons (Fsp3) is 0. The SMILES string of the molecule is c1ccc(-c2ccc(N(c3ccc(-c4ccccc4)cc3)c3ccccc3-c3ccccc3-c3ccccc3-n3c4ccccc4c4ccccc43)cc2)cc1. The van der Waals surface area contributed by atoms with Crippen LogP contribution in [0, 0.1) is 0 Å². The van der Waals surface area contributed by atoms with Crippen LogP contribution in [0.15, 0.2) is 231 Å². The predicted molar refractivity (Wildman–Crippen MR) is 237 cm³/mol. The lowest BCUT2D eigenvalue weighted by molar-refractivity contribution is 1.18. The second-order valence-corrected chi connectivity index (χ2v) is 14.1. The molecule has 0 saturated carbocycles. The molecule has 0 saturated heterocycles. The smallest absolute Gasteiger partial charge is 0.0541 e. The van der Waals surface area contributed by atoms with E-state index in [2.05, 4.69) is 240 Å². The minimum Gasteiger partial charge on any atom is -0.310 e. The van der Waals surface area contributed by atoms with Crippen molar-refractivity contribution in [3.63, 3.8) is 0 Å². The van der Waals surface area contributed by atoms with Crippen molar-refractivity contribution in [3.05, 3.63) is 231 Å². The van der Waals surface area contributed by atoms with Gasteiger partial charge in [-0.3, -0.25) is 0 Å². The first kappa shape index (κ1) is 33.2. The normalized spacial score (nSPS) is 11.2. The van der Waals surface area contributed by atoms with Crippen LogP contribution in [0.1, 0.15) is 0 Å². The molecule has 0 unspecified atom stereocenters. The fourth-order valence-electron chi connectivity index (χ4n) is 8.22. The lowest BCUT2D eigenvalue weighted by atomic mass is 9.92. The molecule has 0 aliphatic rings. The predicted octanol–water partition coefficient (Wildman–Crippen LogP) is 14.9. The monoisotopic (exact) mass is 714 g/mol. The largest absolute Gasteiger partial charge is 0.310 e. The van der Waals surface area contributed by atoms with Gasteiger partial charge in [-0.05, 0) is 81.9 Å². The van der Waals surface area contributed by atoms with Crippen LogP contribution in [0.3, 0.4) is 0 Å². The molecule has 9 aromatic carbocycles. The van der Waals surface area contributed by atoms with E-state index < -0.39 is 0 Å². The summed E-state index contributed by atoms with van der Waals surface area (Å²) in [7, 11) is 0. The summed E-state index contributed by atoms with van der Waals surface area (Å²) in [6.45, 7) is 0. The third-order valence-corrected chi connectivity index (χ3v) is 10.8. The van der Waals surface area contributed by atoms with E-state index in [1.165, 1.54) is 60.8 Å². The number of anilines is 3. The number of benzene rings is 9. The number of hydrogen-bond acceptors (Lipinski definition) is 1. The highest BCUT2D eigenvalue weighted by molar-refractivity contribution is 6.10. The molecule has 0 bridgehead atoms. The van der Waals surface area contributed by atoms with Gasteiger partial charge in [0.2, 0.25) is 0 Å². The summed E-state index contributed by atoms with van der Waals surface area (Å²) in [5.74, 6) is 0. The quantitative estimate of drug-likeness (QED) is 0.152.